The predicted octanol–water partition coefficient (Wildman–Crippen LogP) is 3.40. The molecule has 0 atom stereocenters. The van der Waals surface area contributed by atoms with Crippen LogP contribution >= 0.6 is 0 Å². The van der Waals surface area contributed by atoms with E-state index in [1.807, 2.05) is 43.3 Å². The van der Waals surface area contributed by atoms with Crippen molar-refractivity contribution < 1.29 is 8.42 Å². The van der Waals surface area contributed by atoms with E-state index in [1.165, 1.54) is 0 Å². The van der Waals surface area contributed by atoms with Crippen LogP contribution in [-0.2, 0) is 22.0 Å². The number of sulfone groups is 1. The summed E-state index contributed by atoms with van der Waals surface area (Å²) in [6.45, 7) is 2.05. The molecule has 0 amide bonds. The summed E-state index contributed by atoms with van der Waals surface area (Å²) in [6, 6.07) is 7.75. The average Bonchev–Trinajstić information content (AvgIpc) is 2.40. The third-order valence-corrected chi connectivity index (χ3v) is 4.88. The highest BCUT2D eigenvalue weighted by molar-refractivity contribution is 7.94. The van der Waals surface area contributed by atoms with Crippen molar-refractivity contribution in [2.45, 2.75) is 31.9 Å². The summed E-state index contributed by atoms with van der Waals surface area (Å²) in [4.78, 5) is 0.472. The summed E-state index contributed by atoms with van der Waals surface area (Å²) in [5.74, 6) is 0.104. The van der Waals surface area contributed by atoms with E-state index < -0.39 is 9.84 Å². The van der Waals surface area contributed by atoms with Gasteiger partial charge in [0.1, 0.15) is 0 Å². The van der Waals surface area contributed by atoms with Gasteiger partial charge >= 0.3 is 0 Å². The summed E-state index contributed by atoms with van der Waals surface area (Å²) in [5.41, 5.74) is 2.03. The molecule has 0 radical (unpaired) electrons. The van der Waals surface area contributed by atoms with Crippen molar-refractivity contribution in [2.75, 3.05) is 0 Å². The number of benzene rings is 1. The van der Waals surface area contributed by atoms with Crippen LogP contribution in [0, 0.1) is 0 Å². The monoisotopic (exact) mass is 262 g/mol. The molecule has 1 aromatic carbocycles. The topological polar surface area (TPSA) is 34.1 Å². The highest BCUT2D eigenvalue weighted by Crippen LogP contribution is 2.22. The van der Waals surface area contributed by atoms with Crippen LogP contribution in [0.25, 0.3) is 0 Å². The molecule has 0 saturated heterocycles. The summed E-state index contributed by atoms with van der Waals surface area (Å²) >= 11 is 0. The van der Waals surface area contributed by atoms with Gasteiger partial charge in [-0.15, -0.1) is 0 Å². The van der Waals surface area contributed by atoms with Crippen molar-refractivity contribution in [3.05, 3.63) is 58.5 Å². The first kappa shape index (κ1) is 13.1. The van der Waals surface area contributed by atoms with Crippen molar-refractivity contribution in [3.63, 3.8) is 0 Å². The molecule has 2 rings (SSSR count). The minimum Gasteiger partial charge on any atom is -0.223 e. The van der Waals surface area contributed by atoms with E-state index in [0.29, 0.717) is 4.91 Å². The quantitative estimate of drug-likeness (QED) is 0.833. The molecule has 0 spiro atoms. The molecule has 1 aromatic rings. The Morgan fingerprint density at radius 1 is 1.11 bits per heavy atom. The fourth-order valence-electron chi connectivity index (χ4n) is 2.15. The van der Waals surface area contributed by atoms with Crippen molar-refractivity contribution in [1.29, 1.82) is 0 Å². The van der Waals surface area contributed by atoms with Crippen LogP contribution in [0.15, 0.2) is 47.4 Å². The van der Waals surface area contributed by atoms with Crippen LogP contribution in [0.3, 0.4) is 0 Å². The smallest absolute Gasteiger partial charge is 0.182 e. The molecule has 0 saturated carbocycles. The molecule has 18 heavy (non-hydrogen) atoms. The Hall–Kier alpha value is -1.35. The molecule has 0 unspecified atom stereocenters. The zero-order valence-electron chi connectivity index (χ0n) is 10.6. The second kappa shape index (κ2) is 5.53. The van der Waals surface area contributed by atoms with Crippen LogP contribution in [0.4, 0.5) is 0 Å². The van der Waals surface area contributed by atoms with Gasteiger partial charge in [-0.3, -0.25) is 0 Å². The van der Waals surface area contributed by atoms with E-state index in [0.717, 1.165) is 30.4 Å². The Bertz CT molecular complexity index is 580. The Balaban J connectivity index is 2.28. The summed E-state index contributed by atoms with van der Waals surface area (Å²) < 4.78 is 24.6. The lowest BCUT2D eigenvalue weighted by Gasteiger charge is -2.11. The van der Waals surface area contributed by atoms with E-state index in [1.54, 1.807) is 6.08 Å². The number of allylic oxidation sites excluding steroid dienone is 3. The zero-order chi connectivity index (χ0) is 13.0. The number of hydrogen-bond donors (Lipinski definition) is 0. The molecule has 96 valence electrons. The molecular formula is C15H18O2S. The van der Waals surface area contributed by atoms with Crippen molar-refractivity contribution in [3.8, 4) is 0 Å². The summed E-state index contributed by atoms with van der Waals surface area (Å²) in [6.07, 6.45) is 8.10. The normalized spacial score (nSPS) is 15.5. The van der Waals surface area contributed by atoms with Crippen LogP contribution in [0.5, 0.6) is 0 Å². The second-order valence-corrected chi connectivity index (χ2v) is 6.46. The molecular weight excluding hydrogens is 244 g/mol. The van der Waals surface area contributed by atoms with Crippen molar-refractivity contribution in [1.82, 2.24) is 0 Å². The third-order valence-electron chi connectivity index (χ3n) is 3.16. The van der Waals surface area contributed by atoms with Gasteiger partial charge in [0.05, 0.1) is 10.7 Å². The zero-order valence-corrected chi connectivity index (χ0v) is 11.4. The molecule has 0 bridgehead atoms. The van der Waals surface area contributed by atoms with E-state index in [-0.39, 0.29) is 5.75 Å². The van der Waals surface area contributed by atoms with Crippen molar-refractivity contribution >= 4 is 9.84 Å². The Morgan fingerprint density at radius 2 is 1.83 bits per heavy atom. The maximum absolute atomic E-state index is 12.3. The predicted molar refractivity (Wildman–Crippen MR) is 74.9 cm³/mol. The largest absolute Gasteiger partial charge is 0.223 e. The Morgan fingerprint density at radius 3 is 2.44 bits per heavy atom. The van der Waals surface area contributed by atoms with Gasteiger partial charge in [0.25, 0.3) is 0 Å². The fourth-order valence-corrected chi connectivity index (χ4v) is 3.68. The van der Waals surface area contributed by atoms with Gasteiger partial charge in [0.15, 0.2) is 9.84 Å². The molecule has 0 aliphatic heterocycles. The van der Waals surface area contributed by atoms with Crippen LogP contribution < -0.4 is 0 Å². The fraction of sp³-hybridized carbons (Fsp3) is 0.333. The van der Waals surface area contributed by atoms with E-state index in [9.17, 15) is 8.42 Å². The van der Waals surface area contributed by atoms with Gasteiger partial charge in [-0.05, 0) is 36.5 Å². The lowest BCUT2D eigenvalue weighted by atomic mass is 10.1. The van der Waals surface area contributed by atoms with Crippen LogP contribution in [0.1, 0.15) is 30.9 Å². The molecule has 3 heteroatoms. The van der Waals surface area contributed by atoms with Gasteiger partial charge in [-0.1, -0.05) is 43.3 Å². The number of aryl methyl sites for hydroxylation is 1. The van der Waals surface area contributed by atoms with E-state index in [2.05, 4.69) is 0 Å². The highest BCUT2D eigenvalue weighted by Gasteiger charge is 2.18. The average molecular weight is 262 g/mol. The molecule has 1 aliphatic carbocycles. The van der Waals surface area contributed by atoms with Gasteiger partial charge < -0.3 is 0 Å². The maximum Gasteiger partial charge on any atom is 0.182 e. The standard InChI is InChI=1S/C15H18O2S/c1-2-13-8-6-7-9-14(13)12-18(16,17)15-10-4-3-5-11-15/h4,6-11H,2-3,5,12H2,1H3. The lowest BCUT2D eigenvalue weighted by molar-refractivity contribution is 0.601. The molecule has 0 aromatic heterocycles. The van der Waals surface area contributed by atoms with Crippen LogP contribution in [-0.4, -0.2) is 8.42 Å². The molecule has 2 nitrogen and oxygen atoms in total. The first-order chi connectivity index (χ1) is 8.63. The summed E-state index contributed by atoms with van der Waals surface area (Å²) in [7, 11) is -3.19. The third kappa shape index (κ3) is 2.91. The Labute approximate surface area is 109 Å². The lowest BCUT2D eigenvalue weighted by Crippen LogP contribution is -2.09. The van der Waals surface area contributed by atoms with Gasteiger partial charge in [-0.2, -0.15) is 0 Å². The highest BCUT2D eigenvalue weighted by atomic mass is 32.2. The molecule has 0 heterocycles. The minimum atomic E-state index is -3.19. The molecule has 0 N–H and O–H groups in total. The minimum absolute atomic E-state index is 0.104. The van der Waals surface area contributed by atoms with Crippen LogP contribution in [0.2, 0.25) is 0 Å². The number of rotatable bonds is 4. The Kier molecular flexibility index (Phi) is 4.02. The van der Waals surface area contributed by atoms with E-state index >= 15 is 0 Å². The number of hydrogen-bond acceptors (Lipinski definition) is 2. The SMILES string of the molecule is CCc1ccccc1CS(=O)(=O)C1=CCCC=C1. The van der Waals surface area contributed by atoms with E-state index in [4.69, 9.17) is 0 Å². The first-order valence-electron chi connectivity index (χ1n) is 6.29. The first-order valence-corrected chi connectivity index (χ1v) is 7.95. The second-order valence-electron chi connectivity index (χ2n) is 4.47. The maximum atomic E-state index is 12.3. The molecule has 0 fully saturated rings. The van der Waals surface area contributed by atoms with Crippen molar-refractivity contribution in [2.24, 2.45) is 0 Å². The van der Waals surface area contributed by atoms with Gasteiger partial charge in [-0.25, -0.2) is 8.42 Å². The molecule has 1 aliphatic rings. The van der Waals surface area contributed by atoms with Gasteiger partial charge in [0.2, 0.25) is 0 Å². The van der Waals surface area contributed by atoms with Gasteiger partial charge in [0, 0.05) is 0 Å². The summed E-state index contributed by atoms with van der Waals surface area (Å²) in [5, 5.41) is 0.